The molecule has 0 saturated carbocycles. The third-order valence-electron chi connectivity index (χ3n) is 4.26. The molecule has 30 heavy (non-hydrogen) atoms. The zero-order valence-corrected chi connectivity index (χ0v) is 17.1. The predicted octanol–water partition coefficient (Wildman–Crippen LogP) is 3.21. The molecule has 0 spiro atoms. The van der Waals surface area contributed by atoms with Crippen molar-refractivity contribution < 1.29 is 28.7 Å². The van der Waals surface area contributed by atoms with E-state index in [0.717, 1.165) is 11.6 Å². The number of amides is 1. The van der Waals surface area contributed by atoms with E-state index in [9.17, 15) is 19.7 Å². The van der Waals surface area contributed by atoms with Crippen LogP contribution >= 0.6 is 0 Å². The number of hydrogen-bond acceptors (Lipinski definition) is 7. The number of esters is 1. The summed E-state index contributed by atoms with van der Waals surface area (Å²) in [6.45, 7) is 4.43. The van der Waals surface area contributed by atoms with E-state index < -0.39 is 17.5 Å². The van der Waals surface area contributed by atoms with Crippen LogP contribution in [0.3, 0.4) is 0 Å². The number of methoxy groups -OCH3 is 1. The van der Waals surface area contributed by atoms with Crippen molar-refractivity contribution in [2.75, 3.05) is 26.9 Å². The fraction of sp³-hybridized carbons (Fsp3) is 0.333. The van der Waals surface area contributed by atoms with Crippen LogP contribution in [0.4, 0.5) is 5.69 Å². The predicted molar refractivity (Wildman–Crippen MR) is 109 cm³/mol. The van der Waals surface area contributed by atoms with Crippen LogP contribution < -0.4 is 9.47 Å². The molecule has 2 aromatic carbocycles. The molecule has 9 nitrogen and oxygen atoms in total. The minimum atomic E-state index is -0.800. The largest absolute Gasteiger partial charge is 0.493 e. The van der Waals surface area contributed by atoms with Crippen molar-refractivity contribution in [3.8, 4) is 11.5 Å². The summed E-state index contributed by atoms with van der Waals surface area (Å²) < 4.78 is 15.9. The Morgan fingerprint density at radius 1 is 1.10 bits per heavy atom. The Morgan fingerprint density at radius 2 is 1.87 bits per heavy atom. The summed E-state index contributed by atoms with van der Waals surface area (Å²) in [5, 5.41) is 10.8. The highest BCUT2D eigenvalue weighted by molar-refractivity contribution is 5.91. The first-order valence-electron chi connectivity index (χ1n) is 9.38. The van der Waals surface area contributed by atoms with Gasteiger partial charge in [0.05, 0.1) is 24.2 Å². The molecule has 0 aliphatic rings. The van der Waals surface area contributed by atoms with E-state index in [1.54, 1.807) is 12.1 Å². The van der Waals surface area contributed by atoms with Gasteiger partial charge in [0, 0.05) is 25.2 Å². The molecule has 2 aromatic rings. The lowest BCUT2D eigenvalue weighted by atomic mass is 10.2. The number of ether oxygens (including phenoxy) is 3. The molecule has 160 valence electrons. The molecule has 0 saturated heterocycles. The van der Waals surface area contributed by atoms with Crippen molar-refractivity contribution in [3.63, 3.8) is 0 Å². The first-order chi connectivity index (χ1) is 14.4. The lowest BCUT2D eigenvalue weighted by Crippen LogP contribution is -2.34. The molecular weight excluding hydrogens is 392 g/mol. The summed E-state index contributed by atoms with van der Waals surface area (Å²) in [7, 11) is 1.54. The quantitative estimate of drug-likeness (QED) is 0.332. The van der Waals surface area contributed by atoms with Gasteiger partial charge in [-0.05, 0) is 37.6 Å². The maximum atomic E-state index is 12.5. The summed E-state index contributed by atoms with van der Waals surface area (Å²) in [4.78, 5) is 36.4. The topological polar surface area (TPSA) is 108 Å². The SMILES string of the molecule is CCOc1ccc(CN(CC)C(=O)COC(=O)c2cccc([N+](=O)[O-])c2)cc1OC. The fourth-order valence-electron chi connectivity index (χ4n) is 2.73. The van der Waals surface area contributed by atoms with Gasteiger partial charge in [-0.15, -0.1) is 0 Å². The van der Waals surface area contributed by atoms with Crippen molar-refractivity contribution in [2.45, 2.75) is 20.4 Å². The zero-order valence-electron chi connectivity index (χ0n) is 17.1. The average molecular weight is 416 g/mol. The molecule has 0 heterocycles. The standard InChI is InChI=1S/C21H24N2O7/c1-4-22(13-15-9-10-18(29-5-2)19(11-15)28-3)20(24)14-30-21(25)16-7-6-8-17(12-16)23(26)27/h6-12H,4-5,13-14H2,1-3H3. The number of nitro groups is 1. The van der Waals surface area contributed by atoms with E-state index in [0.29, 0.717) is 31.2 Å². The molecule has 0 radical (unpaired) electrons. The van der Waals surface area contributed by atoms with Crippen LogP contribution in [0.2, 0.25) is 0 Å². The van der Waals surface area contributed by atoms with E-state index in [4.69, 9.17) is 14.2 Å². The van der Waals surface area contributed by atoms with Crippen molar-refractivity contribution >= 4 is 17.6 Å². The minimum absolute atomic E-state index is 0.0105. The van der Waals surface area contributed by atoms with E-state index in [-0.39, 0.29) is 17.2 Å². The van der Waals surface area contributed by atoms with E-state index >= 15 is 0 Å². The molecule has 0 bridgehead atoms. The number of nitro benzene ring substituents is 1. The van der Waals surface area contributed by atoms with Crippen LogP contribution in [-0.2, 0) is 16.1 Å². The Labute approximate surface area is 174 Å². The third kappa shape index (κ3) is 5.94. The Morgan fingerprint density at radius 3 is 2.50 bits per heavy atom. The fourth-order valence-corrected chi connectivity index (χ4v) is 2.73. The summed E-state index contributed by atoms with van der Waals surface area (Å²) in [5.74, 6) is -0.00562. The van der Waals surface area contributed by atoms with Gasteiger partial charge >= 0.3 is 5.97 Å². The van der Waals surface area contributed by atoms with Gasteiger partial charge in [0.1, 0.15) is 0 Å². The minimum Gasteiger partial charge on any atom is -0.493 e. The molecule has 2 rings (SSSR count). The van der Waals surface area contributed by atoms with E-state index in [2.05, 4.69) is 0 Å². The Hall–Kier alpha value is -3.62. The van der Waals surface area contributed by atoms with E-state index in [1.165, 1.54) is 30.2 Å². The van der Waals surface area contributed by atoms with Crippen LogP contribution in [-0.4, -0.2) is 48.6 Å². The van der Waals surface area contributed by atoms with Gasteiger partial charge < -0.3 is 19.1 Å². The Bertz CT molecular complexity index is 914. The monoisotopic (exact) mass is 416 g/mol. The van der Waals surface area contributed by atoms with Crippen LogP contribution in [0.5, 0.6) is 11.5 Å². The number of nitrogens with zero attached hydrogens (tertiary/aromatic N) is 2. The summed E-state index contributed by atoms with van der Waals surface area (Å²) in [5.41, 5.74) is 0.613. The van der Waals surface area contributed by atoms with Crippen LogP contribution in [0.15, 0.2) is 42.5 Å². The molecule has 0 unspecified atom stereocenters. The number of carbonyl (C=O) groups excluding carboxylic acids is 2. The summed E-state index contributed by atoms with van der Waals surface area (Å²) in [6.07, 6.45) is 0. The van der Waals surface area contributed by atoms with E-state index in [1.807, 2.05) is 19.9 Å². The number of non-ortho nitro benzene ring substituents is 1. The molecular formula is C21H24N2O7. The smallest absolute Gasteiger partial charge is 0.338 e. The van der Waals surface area contributed by atoms with Gasteiger partial charge in [-0.2, -0.15) is 0 Å². The summed E-state index contributed by atoms with van der Waals surface area (Å²) >= 11 is 0. The number of likely N-dealkylation sites (N-methyl/N-ethyl adjacent to an activating group) is 1. The second-order valence-corrected chi connectivity index (χ2v) is 6.21. The van der Waals surface area contributed by atoms with Crippen LogP contribution in [0, 0.1) is 10.1 Å². The van der Waals surface area contributed by atoms with Gasteiger partial charge in [0.25, 0.3) is 11.6 Å². The third-order valence-corrected chi connectivity index (χ3v) is 4.26. The van der Waals surface area contributed by atoms with Gasteiger partial charge in [-0.25, -0.2) is 4.79 Å². The Balaban J connectivity index is 2.00. The highest BCUT2D eigenvalue weighted by Gasteiger charge is 2.18. The second kappa shape index (κ2) is 10.8. The Kier molecular flexibility index (Phi) is 8.16. The number of carbonyl (C=O) groups is 2. The van der Waals surface area contributed by atoms with Crippen LogP contribution in [0.25, 0.3) is 0 Å². The number of benzene rings is 2. The van der Waals surface area contributed by atoms with Crippen molar-refractivity contribution in [2.24, 2.45) is 0 Å². The average Bonchev–Trinajstić information content (AvgIpc) is 2.76. The molecule has 0 aliphatic heterocycles. The van der Waals surface area contributed by atoms with Gasteiger partial charge in [0.15, 0.2) is 18.1 Å². The maximum Gasteiger partial charge on any atom is 0.338 e. The highest BCUT2D eigenvalue weighted by atomic mass is 16.6. The molecule has 9 heteroatoms. The first kappa shape index (κ1) is 22.7. The lowest BCUT2D eigenvalue weighted by Gasteiger charge is -2.21. The van der Waals surface area contributed by atoms with Crippen molar-refractivity contribution in [1.82, 2.24) is 4.90 Å². The molecule has 0 N–H and O–H groups in total. The van der Waals surface area contributed by atoms with Crippen molar-refractivity contribution in [3.05, 3.63) is 63.7 Å². The van der Waals surface area contributed by atoms with Crippen LogP contribution in [0.1, 0.15) is 29.8 Å². The van der Waals surface area contributed by atoms with Gasteiger partial charge in [-0.3, -0.25) is 14.9 Å². The number of rotatable bonds is 10. The molecule has 0 aliphatic carbocycles. The number of hydrogen-bond donors (Lipinski definition) is 0. The zero-order chi connectivity index (χ0) is 22.1. The van der Waals surface area contributed by atoms with Gasteiger partial charge in [-0.1, -0.05) is 12.1 Å². The molecule has 0 fully saturated rings. The van der Waals surface area contributed by atoms with Crippen molar-refractivity contribution in [1.29, 1.82) is 0 Å². The molecule has 0 atom stereocenters. The molecule has 1 amide bonds. The van der Waals surface area contributed by atoms with Gasteiger partial charge in [0.2, 0.25) is 0 Å². The first-order valence-corrected chi connectivity index (χ1v) is 9.38. The maximum absolute atomic E-state index is 12.5. The highest BCUT2D eigenvalue weighted by Crippen LogP contribution is 2.28. The second-order valence-electron chi connectivity index (χ2n) is 6.21. The summed E-state index contributed by atoms with van der Waals surface area (Å²) in [6, 6.07) is 10.5. The molecule has 0 aromatic heterocycles. The lowest BCUT2D eigenvalue weighted by molar-refractivity contribution is -0.384. The normalized spacial score (nSPS) is 10.2.